The van der Waals surface area contributed by atoms with Gasteiger partial charge in [0, 0.05) is 0 Å². The van der Waals surface area contributed by atoms with Crippen molar-refractivity contribution in [2.45, 2.75) is 34.6 Å². The summed E-state index contributed by atoms with van der Waals surface area (Å²) in [5.74, 6) is 0. The zero-order valence-corrected chi connectivity index (χ0v) is 14.9. The number of hydrogen-bond donors (Lipinski definition) is 0. The van der Waals surface area contributed by atoms with Gasteiger partial charge in [0.05, 0.1) is 0 Å². The van der Waals surface area contributed by atoms with Crippen molar-refractivity contribution in [1.82, 2.24) is 0 Å². The second-order valence-electron chi connectivity index (χ2n) is 5.76. The topological polar surface area (TPSA) is 0 Å². The molecule has 0 aromatic heterocycles. The van der Waals surface area contributed by atoms with E-state index in [0.717, 1.165) is 0 Å². The average Bonchev–Trinajstić information content (AvgIpc) is 2.58. The van der Waals surface area contributed by atoms with Crippen LogP contribution in [0.3, 0.4) is 0 Å². The molecular formula is C23H26. The Morgan fingerprint density at radius 2 is 0.913 bits per heavy atom. The fourth-order valence-electron chi connectivity index (χ4n) is 2.65. The molecule has 0 aliphatic heterocycles. The lowest BCUT2D eigenvalue weighted by molar-refractivity contribution is 1.42. The highest BCUT2D eigenvalue weighted by Gasteiger charge is 2.04. The lowest BCUT2D eigenvalue weighted by atomic mass is 9.95. The van der Waals surface area contributed by atoms with Gasteiger partial charge in [-0.2, -0.15) is 0 Å². The molecule has 0 saturated heterocycles. The summed E-state index contributed by atoms with van der Waals surface area (Å²) >= 11 is 0. The van der Waals surface area contributed by atoms with E-state index in [4.69, 9.17) is 0 Å². The molecule has 0 bridgehead atoms. The minimum Gasteiger partial charge on any atom is -0.0683 e. The van der Waals surface area contributed by atoms with Crippen LogP contribution in [0.15, 0.2) is 66.7 Å². The van der Waals surface area contributed by atoms with Crippen LogP contribution in [-0.4, -0.2) is 0 Å². The summed E-state index contributed by atoms with van der Waals surface area (Å²) in [7, 11) is 0. The number of rotatable bonds is 2. The first kappa shape index (κ1) is 17.0. The third kappa shape index (κ3) is 4.10. The molecule has 3 aromatic rings. The third-order valence-corrected chi connectivity index (χ3v) is 3.97. The van der Waals surface area contributed by atoms with E-state index >= 15 is 0 Å². The van der Waals surface area contributed by atoms with E-state index in [9.17, 15) is 0 Å². The highest BCUT2D eigenvalue weighted by atomic mass is 14.1. The minimum absolute atomic E-state index is 1.28. The van der Waals surface area contributed by atoms with Gasteiger partial charge in [-0.1, -0.05) is 91.7 Å². The lowest BCUT2D eigenvalue weighted by Gasteiger charge is -2.10. The summed E-state index contributed by atoms with van der Waals surface area (Å²) in [4.78, 5) is 0. The Hall–Kier alpha value is -2.34. The van der Waals surface area contributed by atoms with E-state index in [1.54, 1.807) is 0 Å². The van der Waals surface area contributed by atoms with Crippen LogP contribution in [0, 0.1) is 20.8 Å². The summed E-state index contributed by atoms with van der Waals surface area (Å²) in [6, 6.07) is 24.2. The molecule has 0 N–H and O–H groups in total. The van der Waals surface area contributed by atoms with Crippen molar-refractivity contribution in [3.05, 3.63) is 83.4 Å². The Bertz CT molecular complexity index is 747. The normalized spacial score (nSPS) is 9.96. The van der Waals surface area contributed by atoms with E-state index in [0.29, 0.717) is 0 Å². The van der Waals surface area contributed by atoms with Crippen LogP contribution in [0.4, 0.5) is 0 Å². The highest BCUT2D eigenvalue weighted by Crippen LogP contribution is 2.28. The smallest absolute Gasteiger partial charge is 0.0154 e. The van der Waals surface area contributed by atoms with Crippen LogP contribution >= 0.6 is 0 Å². The maximum absolute atomic E-state index is 2.28. The molecule has 0 amide bonds. The molecule has 0 unspecified atom stereocenters. The lowest BCUT2D eigenvalue weighted by Crippen LogP contribution is -1.86. The van der Waals surface area contributed by atoms with Gasteiger partial charge in [0.1, 0.15) is 0 Å². The van der Waals surface area contributed by atoms with Crippen molar-refractivity contribution in [3.8, 4) is 22.3 Å². The van der Waals surface area contributed by atoms with Crippen LogP contribution in [0.25, 0.3) is 22.3 Å². The second-order valence-corrected chi connectivity index (χ2v) is 5.76. The monoisotopic (exact) mass is 302 g/mol. The zero-order valence-electron chi connectivity index (χ0n) is 14.9. The van der Waals surface area contributed by atoms with Crippen molar-refractivity contribution in [2.24, 2.45) is 0 Å². The Morgan fingerprint density at radius 3 is 1.39 bits per heavy atom. The number of benzene rings is 3. The first-order valence-corrected chi connectivity index (χ1v) is 8.38. The van der Waals surface area contributed by atoms with Crippen molar-refractivity contribution in [2.75, 3.05) is 0 Å². The van der Waals surface area contributed by atoms with E-state index < -0.39 is 0 Å². The molecule has 0 heteroatoms. The van der Waals surface area contributed by atoms with Crippen LogP contribution in [0.5, 0.6) is 0 Å². The van der Waals surface area contributed by atoms with Crippen molar-refractivity contribution < 1.29 is 0 Å². The molecule has 0 spiro atoms. The maximum Gasteiger partial charge on any atom is -0.0154 e. The Balaban J connectivity index is 0.000000924. The van der Waals surface area contributed by atoms with E-state index in [1.807, 2.05) is 13.8 Å². The van der Waals surface area contributed by atoms with Crippen LogP contribution in [0.2, 0.25) is 0 Å². The molecule has 0 atom stereocenters. The molecule has 0 nitrogen and oxygen atoms in total. The first-order valence-electron chi connectivity index (χ1n) is 8.38. The predicted molar refractivity (Wildman–Crippen MR) is 103 cm³/mol. The molecule has 0 saturated carbocycles. The van der Waals surface area contributed by atoms with Crippen LogP contribution in [-0.2, 0) is 0 Å². The van der Waals surface area contributed by atoms with Gasteiger partial charge in [-0.3, -0.25) is 0 Å². The summed E-state index contributed by atoms with van der Waals surface area (Å²) in [5.41, 5.74) is 9.07. The highest BCUT2D eigenvalue weighted by molar-refractivity contribution is 5.73. The van der Waals surface area contributed by atoms with Gasteiger partial charge >= 0.3 is 0 Å². The van der Waals surface area contributed by atoms with E-state index in [1.165, 1.54) is 38.9 Å². The van der Waals surface area contributed by atoms with Gasteiger partial charge < -0.3 is 0 Å². The summed E-state index contributed by atoms with van der Waals surface area (Å²) < 4.78 is 0. The molecule has 0 radical (unpaired) electrons. The molecule has 0 aliphatic carbocycles. The zero-order chi connectivity index (χ0) is 16.8. The summed E-state index contributed by atoms with van der Waals surface area (Å²) in [6.07, 6.45) is 0. The van der Waals surface area contributed by atoms with Gasteiger partial charge in [-0.25, -0.2) is 0 Å². The maximum atomic E-state index is 2.28. The quantitative estimate of drug-likeness (QED) is 0.479. The van der Waals surface area contributed by atoms with Crippen LogP contribution < -0.4 is 0 Å². The summed E-state index contributed by atoms with van der Waals surface area (Å²) in [6.45, 7) is 10.4. The fraction of sp³-hybridized carbons (Fsp3) is 0.217. The van der Waals surface area contributed by atoms with Gasteiger partial charge in [0.25, 0.3) is 0 Å². The van der Waals surface area contributed by atoms with Gasteiger partial charge in [-0.15, -0.1) is 0 Å². The standard InChI is InChI=1S/C21H20.C2H6/c1-15-4-8-18(9-5-15)20-12-13-21(17(3)14-20)19-10-6-16(2)7-11-19;1-2/h4-14H,1-3H3;1-2H3. The Morgan fingerprint density at radius 1 is 0.478 bits per heavy atom. The number of hydrogen-bond acceptors (Lipinski definition) is 0. The first-order chi connectivity index (χ1) is 11.1. The van der Waals surface area contributed by atoms with Crippen molar-refractivity contribution in [3.63, 3.8) is 0 Å². The molecule has 0 fully saturated rings. The van der Waals surface area contributed by atoms with Gasteiger partial charge in [0.15, 0.2) is 0 Å². The molecule has 3 aromatic carbocycles. The Kier molecular flexibility index (Phi) is 5.76. The number of aryl methyl sites for hydroxylation is 3. The summed E-state index contributed by atoms with van der Waals surface area (Å²) in [5, 5.41) is 0. The molecule has 3 rings (SSSR count). The third-order valence-electron chi connectivity index (χ3n) is 3.97. The van der Waals surface area contributed by atoms with E-state index in [-0.39, 0.29) is 0 Å². The SMILES string of the molecule is CC.Cc1ccc(-c2ccc(-c3ccc(C)cc3)c(C)c2)cc1. The van der Waals surface area contributed by atoms with Crippen molar-refractivity contribution >= 4 is 0 Å². The molecule has 118 valence electrons. The van der Waals surface area contributed by atoms with Crippen molar-refractivity contribution in [1.29, 1.82) is 0 Å². The van der Waals surface area contributed by atoms with Crippen LogP contribution in [0.1, 0.15) is 30.5 Å². The molecular weight excluding hydrogens is 276 g/mol. The molecule has 23 heavy (non-hydrogen) atoms. The predicted octanol–water partition coefficient (Wildman–Crippen LogP) is 6.97. The Labute approximate surface area is 140 Å². The van der Waals surface area contributed by atoms with Gasteiger partial charge in [0.2, 0.25) is 0 Å². The second kappa shape index (κ2) is 7.78. The largest absolute Gasteiger partial charge is 0.0683 e. The van der Waals surface area contributed by atoms with Gasteiger partial charge in [-0.05, 0) is 48.6 Å². The fourth-order valence-corrected chi connectivity index (χ4v) is 2.65. The minimum atomic E-state index is 1.28. The molecule has 0 heterocycles. The average molecular weight is 302 g/mol. The molecule has 0 aliphatic rings. The van der Waals surface area contributed by atoms with E-state index in [2.05, 4.69) is 87.5 Å².